The second kappa shape index (κ2) is 4.67. The van der Waals surface area contributed by atoms with Crippen molar-refractivity contribution < 1.29 is 0 Å². The molecule has 0 spiro atoms. The lowest BCUT2D eigenvalue weighted by molar-refractivity contribution is 0.182. The van der Waals surface area contributed by atoms with Crippen LogP contribution in [0.15, 0.2) is 6.07 Å². The number of aryl methyl sites for hydroxylation is 1. The third kappa shape index (κ3) is 2.36. The lowest BCUT2D eigenvalue weighted by Gasteiger charge is -2.36. The van der Waals surface area contributed by atoms with Crippen LogP contribution < -0.4 is 0 Å². The molecule has 2 heterocycles. The number of nitrogens with one attached hydrogen (secondary N) is 1. The average molecular weight is 292 g/mol. The summed E-state index contributed by atoms with van der Waals surface area (Å²) in [4.78, 5) is 9.11. The van der Waals surface area contributed by atoms with Crippen LogP contribution in [-0.2, 0) is 12.8 Å². The van der Waals surface area contributed by atoms with E-state index >= 15 is 0 Å². The molecule has 0 aliphatic heterocycles. The number of H-pyrrole nitrogens is 1. The van der Waals surface area contributed by atoms with Crippen molar-refractivity contribution in [3.8, 4) is 0 Å². The number of fused-ring (bicyclic) bond motifs is 2. The fourth-order valence-corrected chi connectivity index (χ4v) is 4.05. The summed E-state index contributed by atoms with van der Waals surface area (Å²) in [7, 11) is 0. The largest absolute Gasteiger partial charge is 0.336 e. The Labute approximate surface area is 123 Å². The Balaban J connectivity index is 2.00. The van der Waals surface area contributed by atoms with Gasteiger partial charge in [0.2, 0.25) is 0 Å². The molecule has 3 rings (SSSR count). The Morgan fingerprint density at radius 2 is 2.32 bits per heavy atom. The highest BCUT2D eigenvalue weighted by Gasteiger charge is 2.31. The van der Waals surface area contributed by atoms with Crippen LogP contribution in [0.2, 0.25) is 0 Å². The molecule has 2 nitrogen and oxygen atoms in total. The van der Waals surface area contributed by atoms with Gasteiger partial charge in [0.25, 0.3) is 0 Å². The first-order chi connectivity index (χ1) is 8.99. The predicted octanol–water partition coefficient (Wildman–Crippen LogP) is 4.89. The summed E-state index contributed by atoms with van der Waals surface area (Å²) in [6, 6.07) is 2.28. The lowest BCUT2D eigenvalue weighted by Crippen LogP contribution is -2.29. The average Bonchev–Trinajstić information content (AvgIpc) is 2.74. The maximum Gasteiger partial charge on any atom is 0.160 e. The van der Waals surface area contributed by atoms with Crippen molar-refractivity contribution in [2.45, 2.75) is 46.5 Å². The van der Waals surface area contributed by atoms with Gasteiger partial charge < -0.3 is 4.98 Å². The van der Waals surface area contributed by atoms with Gasteiger partial charge in [-0.1, -0.05) is 38.5 Å². The van der Waals surface area contributed by atoms with Crippen LogP contribution in [0.3, 0.4) is 0 Å². The van der Waals surface area contributed by atoms with E-state index in [-0.39, 0.29) is 0 Å². The maximum absolute atomic E-state index is 5.21. The van der Waals surface area contributed by atoms with Gasteiger partial charge in [-0.3, -0.25) is 0 Å². The van der Waals surface area contributed by atoms with E-state index in [1.165, 1.54) is 24.1 Å². The summed E-state index contributed by atoms with van der Waals surface area (Å²) in [5, 5.41) is 0. The van der Waals surface area contributed by atoms with E-state index in [9.17, 15) is 0 Å². The summed E-state index contributed by atoms with van der Waals surface area (Å²) < 4.78 is 0.829. The van der Waals surface area contributed by atoms with Crippen LogP contribution in [0.25, 0.3) is 10.3 Å². The second-order valence-corrected chi connectivity index (χ2v) is 7.91. The standard InChI is InChI=1S/C15H20N2S2/c1-4-15(2,3)10-5-6-11-9(7-10)8-12-13(16-11)19-14(18)17-12/h8,10H,4-7H2,1-3H3,(H,17,18). The molecule has 102 valence electrons. The van der Waals surface area contributed by atoms with Gasteiger partial charge in [0, 0.05) is 5.69 Å². The van der Waals surface area contributed by atoms with Crippen molar-refractivity contribution in [3.63, 3.8) is 0 Å². The molecule has 0 amide bonds. The summed E-state index contributed by atoms with van der Waals surface area (Å²) in [5.41, 5.74) is 4.26. The molecule has 1 atom stereocenters. The first kappa shape index (κ1) is 13.3. The van der Waals surface area contributed by atoms with Crippen molar-refractivity contribution in [1.82, 2.24) is 9.97 Å². The topological polar surface area (TPSA) is 28.7 Å². The summed E-state index contributed by atoms with van der Waals surface area (Å²) >= 11 is 6.80. The zero-order valence-corrected chi connectivity index (χ0v) is 13.4. The third-order valence-corrected chi connectivity index (χ3v) is 5.94. The molecule has 0 saturated heterocycles. The van der Waals surface area contributed by atoms with E-state index in [1.54, 1.807) is 11.3 Å². The van der Waals surface area contributed by atoms with Crippen LogP contribution in [0.1, 0.15) is 44.9 Å². The molecular formula is C15H20N2S2. The lowest BCUT2D eigenvalue weighted by atomic mass is 9.69. The molecule has 0 radical (unpaired) electrons. The van der Waals surface area contributed by atoms with E-state index < -0.39 is 0 Å². The van der Waals surface area contributed by atoms with E-state index in [1.807, 2.05) is 0 Å². The molecule has 0 saturated carbocycles. The normalized spacial score (nSPS) is 19.6. The molecule has 1 N–H and O–H groups in total. The van der Waals surface area contributed by atoms with Gasteiger partial charge in [0.05, 0.1) is 5.52 Å². The number of aromatic amines is 1. The molecule has 1 aliphatic carbocycles. The van der Waals surface area contributed by atoms with Crippen molar-refractivity contribution in [1.29, 1.82) is 0 Å². The Morgan fingerprint density at radius 1 is 1.53 bits per heavy atom. The Bertz CT molecular complexity index is 666. The summed E-state index contributed by atoms with van der Waals surface area (Å²) in [6.07, 6.45) is 4.78. The monoisotopic (exact) mass is 292 g/mol. The molecule has 4 heteroatoms. The van der Waals surface area contributed by atoms with E-state index in [0.29, 0.717) is 5.41 Å². The quantitative estimate of drug-likeness (QED) is 0.798. The Kier molecular flexibility index (Phi) is 3.26. The number of hydrogen-bond acceptors (Lipinski definition) is 3. The number of nitrogens with zero attached hydrogens (tertiary/aromatic N) is 1. The number of rotatable bonds is 2. The Hall–Kier alpha value is -0.740. The van der Waals surface area contributed by atoms with Crippen LogP contribution in [-0.4, -0.2) is 9.97 Å². The molecule has 2 aromatic heterocycles. The summed E-state index contributed by atoms with van der Waals surface area (Å²) in [5.74, 6) is 0.769. The highest BCUT2D eigenvalue weighted by Crippen LogP contribution is 2.40. The Morgan fingerprint density at radius 3 is 3.05 bits per heavy atom. The molecule has 1 unspecified atom stereocenters. The highest BCUT2D eigenvalue weighted by molar-refractivity contribution is 7.73. The highest BCUT2D eigenvalue weighted by atomic mass is 32.1. The van der Waals surface area contributed by atoms with Crippen molar-refractivity contribution in [2.24, 2.45) is 11.3 Å². The SMILES string of the molecule is CCC(C)(C)C1CCc2nc3sc(=S)[nH]c3cc2C1. The van der Waals surface area contributed by atoms with E-state index in [2.05, 4.69) is 31.8 Å². The molecular weight excluding hydrogens is 272 g/mol. The van der Waals surface area contributed by atoms with Gasteiger partial charge in [-0.25, -0.2) is 4.98 Å². The van der Waals surface area contributed by atoms with Crippen LogP contribution >= 0.6 is 23.6 Å². The van der Waals surface area contributed by atoms with Gasteiger partial charge in [0.15, 0.2) is 3.95 Å². The molecule has 2 aromatic rings. The second-order valence-electron chi connectivity index (χ2n) is 6.24. The zero-order chi connectivity index (χ0) is 13.6. The van der Waals surface area contributed by atoms with E-state index in [0.717, 1.165) is 33.1 Å². The van der Waals surface area contributed by atoms with Gasteiger partial charge in [-0.05, 0) is 54.4 Å². The van der Waals surface area contributed by atoms with E-state index in [4.69, 9.17) is 17.2 Å². The molecule has 19 heavy (non-hydrogen) atoms. The van der Waals surface area contributed by atoms with Crippen LogP contribution in [0.5, 0.6) is 0 Å². The number of pyridine rings is 1. The number of thiazole rings is 1. The number of hydrogen-bond donors (Lipinski definition) is 1. The first-order valence-electron chi connectivity index (χ1n) is 7.01. The molecule has 0 aromatic carbocycles. The van der Waals surface area contributed by atoms with Gasteiger partial charge >= 0.3 is 0 Å². The molecule has 0 fully saturated rings. The predicted molar refractivity (Wildman–Crippen MR) is 84.4 cm³/mol. The molecule has 0 bridgehead atoms. The van der Waals surface area contributed by atoms with Crippen LogP contribution in [0.4, 0.5) is 0 Å². The zero-order valence-electron chi connectivity index (χ0n) is 11.7. The van der Waals surface area contributed by atoms with Gasteiger partial charge in [0.1, 0.15) is 4.83 Å². The van der Waals surface area contributed by atoms with Crippen molar-refractivity contribution in [2.75, 3.05) is 0 Å². The van der Waals surface area contributed by atoms with Crippen LogP contribution in [0, 0.1) is 15.3 Å². The fraction of sp³-hybridized carbons (Fsp3) is 0.600. The minimum absolute atomic E-state index is 0.425. The fourth-order valence-electron chi connectivity index (χ4n) is 2.99. The van der Waals surface area contributed by atoms with Crippen molar-refractivity contribution in [3.05, 3.63) is 21.3 Å². The summed E-state index contributed by atoms with van der Waals surface area (Å²) in [6.45, 7) is 7.09. The van der Waals surface area contributed by atoms with Crippen molar-refractivity contribution >= 4 is 33.9 Å². The smallest absolute Gasteiger partial charge is 0.160 e. The minimum atomic E-state index is 0.425. The van der Waals surface area contributed by atoms with Gasteiger partial charge in [-0.2, -0.15) is 0 Å². The maximum atomic E-state index is 5.21. The minimum Gasteiger partial charge on any atom is -0.336 e. The number of aromatic nitrogens is 2. The van der Waals surface area contributed by atoms with Gasteiger partial charge in [-0.15, -0.1) is 0 Å². The third-order valence-electron chi connectivity index (χ3n) is 4.79. The first-order valence-corrected chi connectivity index (χ1v) is 8.23. The molecule has 1 aliphatic rings.